The van der Waals surface area contributed by atoms with Crippen molar-refractivity contribution in [1.29, 1.82) is 0 Å². The Morgan fingerprint density at radius 2 is 1.39 bits per heavy atom. The van der Waals surface area contributed by atoms with Crippen molar-refractivity contribution in [2.24, 2.45) is 29.6 Å². The monoisotopic (exact) mass is 395 g/mol. The maximum Gasteiger partial charge on any atom is 0.147 e. The van der Waals surface area contributed by atoms with E-state index in [-0.39, 0.29) is 24.4 Å². The average molecular weight is 396 g/mol. The molecular formula is C22H37NO5. The summed E-state index contributed by atoms with van der Waals surface area (Å²) in [5, 5.41) is 0. The van der Waals surface area contributed by atoms with E-state index in [4.69, 9.17) is 23.7 Å². The van der Waals surface area contributed by atoms with Crippen LogP contribution in [0.5, 0.6) is 0 Å². The van der Waals surface area contributed by atoms with Gasteiger partial charge < -0.3 is 28.6 Å². The van der Waals surface area contributed by atoms with Crippen molar-refractivity contribution in [1.82, 2.24) is 4.90 Å². The minimum atomic E-state index is 0.202. The summed E-state index contributed by atoms with van der Waals surface area (Å²) in [5.74, 6) is 3.14. The molecule has 2 heterocycles. The highest BCUT2D eigenvalue weighted by atomic mass is 16.7. The van der Waals surface area contributed by atoms with Crippen LogP contribution in [-0.2, 0) is 23.7 Å². The second-order valence-electron chi connectivity index (χ2n) is 9.81. The van der Waals surface area contributed by atoms with Gasteiger partial charge in [-0.05, 0) is 62.8 Å². The van der Waals surface area contributed by atoms with Gasteiger partial charge in [-0.25, -0.2) is 0 Å². The molecule has 0 amide bonds. The van der Waals surface area contributed by atoms with Crippen LogP contribution in [0, 0.1) is 29.6 Å². The van der Waals surface area contributed by atoms with Crippen LogP contribution >= 0.6 is 0 Å². The maximum atomic E-state index is 6.10. The van der Waals surface area contributed by atoms with E-state index in [1.165, 1.54) is 12.8 Å². The molecule has 6 nitrogen and oxygen atoms in total. The average Bonchev–Trinajstić information content (AvgIpc) is 3.17. The maximum absolute atomic E-state index is 6.10. The van der Waals surface area contributed by atoms with Gasteiger partial charge in [-0.3, -0.25) is 0 Å². The van der Waals surface area contributed by atoms with Crippen LogP contribution in [0.2, 0.25) is 0 Å². The smallest absolute Gasteiger partial charge is 0.147 e. The third-order valence-electron chi connectivity index (χ3n) is 8.96. The first-order valence-corrected chi connectivity index (χ1v) is 11.2. The molecule has 160 valence electrons. The number of likely N-dealkylation sites (tertiary alicyclic amines) is 1. The van der Waals surface area contributed by atoms with Crippen molar-refractivity contribution < 1.29 is 23.7 Å². The zero-order chi connectivity index (χ0) is 19.4. The van der Waals surface area contributed by atoms with Crippen molar-refractivity contribution in [2.45, 2.75) is 68.7 Å². The van der Waals surface area contributed by atoms with E-state index in [1.54, 1.807) is 0 Å². The summed E-state index contributed by atoms with van der Waals surface area (Å²) in [6, 6.07) is 0.624. The zero-order valence-corrected chi connectivity index (χ0v) is 17.8. The van der Waals surface area contributed by atoms with Crippen LogP contribution in [0.1, 0.15) is 32.1 Å². The van der Waals surface area contributed by atoms with E-state index in [1.807, 2.05) is 21.3 Å². The third kappa shape index (κ3) is 2.98. The zero-order valence-electron chi connectivity index (χ0n) is 17.8. The number of methoxy groups -OCH3 is 3. The van der Waals surface area contributed by atoms with E-state index in [2.05, 4.69) is 11.9 Å². The first-order chi connectivity index (χ1) is 13.7. The van der Waals surface area contributed by atoms with Gasteiger partial charge in [0.1, 0.15) is 6.79 Å². The van der Waals surface area contributed by atoms with Crippen molar-refractivity contribution in [2.75, 3.05) is 41.7 Å². The molecule has 11 unspecified atom stereocenters. The lowest BCUT2D eigenvalue weighted by Crippen LogP contribution is -2.66. The van der Waals surface area contributed by atoms with E-state index in [9.17, 15) is 0 Å². The molecule has 2 aliphatic heterocycles. The lowest BCUT2D eigenvalue weighted by molar-refractivity contribution is -0.185. The molecule has 11 atom stereocenters. The molecule has 0 radical (unpaired) electrons. The molecule has 3 saturated carbocycles. The van der Waals surface area contributed by atoms with Gasteiger partial charge in [-0.2, -0.15) is 0 Å². The summed E-state index contributed by atoms with van der Waals surface area (Å²) in [6.45, 7) is 1.57. The van der Waals surface area contributed by atoms with E-state index < -0.39 is 0 Å². The predicted molar refractivity (Wildman–Crippen MR) is 104 cm³/mol. The molecule has 0 aromatic carbocycles. The van der Waals surface area contributed by atoms with Gasteiger partial charge in [0.2, 0.25) is 0 Å². The summed E-state index contributed by atoms with van der Waals surface area (Å²) in [5.41, 5.74) is 0. The summed E-state index contributed by atoms with van der Waals surface area (Å²) in [7, 11) is 7.93. The van der Waals surface area contributed by atoms with Crippen LogP contribution in [0.15, 0.2) is 0 Å². The first-order valence-electron chi connectivity index (χ1n) is 11.2. The minimum Gasteiger partial charge on any atom is -0.381 e. The Kier molecular flexibility index (Phi) is 5.48. The normalized spacial score (nSPS) is 53.8. The largest absolute Gasteiger partial charge is 0.381 e. The molecule has 0 spiro atoms. The number of rotatable bonds is 3. The second kappa shape index (κ2) is 7.78. The summed E-state index contributed by atoms with van der Waals surface area (Å²) >= 11 is 0. The molecule has 0 N–H and O–H groups in total. The lowest BCUT2D eigenvalue weighted by atomic mass is 9.54. The Balaban J connectivity index is 1.43. The van der Waals surface area contributed by atoms with Gasteiger partial charge in [-0.1, -0.05) is 0 Å². The Morgan fingerprint density at radius 3 is 2.07 bits per heavy atom. The highest BCUT2D eigenvalue weighted by molar-refractivity contribution is 5.09. The fourth-order valence-corrected chi connectivity index (χ4v) is 7.89. The number of hydrogen-bond donors (Lipinski definition) is 0. The molecule has 2 saturated heterocycles. The fraction of sp³-hybridized carbons (Fsp3) is 1.00. The van der Waals surface area contributed by atoms with Crippen LogP contribution in [-0.4, -0.2) is 83.2 Å². The summed E-state index contributed by atoms with van der Waals surface area (Å²) in [6.07, 6.45) is 7.04. The van der Waals surface area contributed by atoms with Gasteiger partial charge in [-0.15, -0.1) is 0 Å². The van der Waals surface area contributed by atoms with Gasteiger partial charge in [0.05, 0.1) is 30.5 Å². The molecule has 0 bridgehead atoms. The number of piperidine rings is 1. The van der Waals surface area contributed by atoms with E-state index in [0.29, 0.717) is 48.5 Å². The number of ether oxygens (including phenoxy) is 5. The molecule has 0 aromatic heterocycles. The molecule has 28 heavy (non-hydrogen) atoms. The Labute approximate surface area is 169 Å². The Bertz CT molecular complexity index is 561. The third-order valence-corrected chi connectivity index (χ3v) is 8.96. The Hall–Kier alpha value is -0.240. The van der Waals surface area contributed by atoms with Gasteiger partial charge in [0.25, 0.3) is 0 Å². The molecule has 0 aromatic rings. The highest BCUT2D eigenvalue weighted by Gasteiger charge is 2.58. The summed E-state index contributed by atoms with van der Waals surface area (Å²) in [4.78, 5) is 2.65. The molecule has 3 aliphatic carbocycles. The van der Waals surface area contributed by atoms with Crippen molar-refractivity contribution in [3.8, 4) is 0 Å². The van der Waals surface area contributed by atoms with Crippen LogP contribution in [0.4, 0.5) is 0 Å². The molecule has 5 fully saturated rings. The second-order valence-corrected chi connectivity index (χ2v) is 9.81. The first kappa shape index (κ1) is 19.7. The van der Waals surface area contributed by atoms with Gasteiger partial charge in [0.15, 0.2) is 0 Å². The van der Waals surface area contributed by atoms with Gasteiger partial charge >= 0.3 is 0 Å². The van der Waals surface area contributed by atoms with E-state index >= 15 is 0 Å². The van der Waals surface area contributed by atoms with Crippen molar-refractivity contribution in [3.05, 3.63) is 0 Å². The lowest BCUT2D eigenvalue weighted by Gasteiger charge is -2.61. The van der Waals surface area contributed by atoms with E-state index in [0.717, 1.165) is 25.8 Å². The van der Waals surface area contributed by atoms with Gasteiger partial charge in [0, 0.05) is 39.8 Å². The fourth-order valence-electron chi connectivity index (χ4n) is 7.89. The minimum absolute atomic E-state index is 0.202. The molecule has 5 rings (SSSR count). The standard InChI is InChI=1S/C22H37NO5/c1-23-10-16-12(5-6-17(24-2)22(16)26-4)14-8-18(25-3)13-7-19-20(28-11-27-19)9-15(13)21(14)23/h12-22H,5-11H2,1-4H3. The highest BCUT2D eigenvalue weighted by Crippen LogP contribution is 2.55. The van der Waals surface area contributed by atoms with Crippen molar-refractivity contribution in [3.63, 3.8) is 0 Å². The Morgan fingerprint density at radius 1 is 0.714 bits per heavy atom. The van der Waals surface area contributed by atoms with Crippen LogP contribution in [0.3, 0.4) is 0 Å². The quantitative estimate of drug-likeness (QED) is 0.730. The number of hydrogen-bond acceptors (Lipinski definition) is 6. The SMILES string of the molecule is COC1CC2C3CCC(OC)C(OC)C3CN(C)C2C2CC3OCOC3CC12. The summed E-state index contributed by atoms with van der Waals surface area (Å²) < 4.78 is 29.7. The van der Waals surface area contributed by atoms with Crippen molar-refractivity contribution >= 4 is 0 Å². The molecule has 5 aliphatic rings. The number of fused-ring (bicyclic) bond motifs is 6. The topological polar surface area (TPSA) is 49.4 Å². The molecule has 6 heteroatoms. The predicted octanol–water partition coefficient (Wildman–Crippen LogP) is 2.16. The van der Waals surface area contributed by atoms with Crippen LogP contribution in [0.25, 0.3) is 0 Å². The molecular weight excluding hydrogens is 358 g/mol. The van der Waals surface area contributed by atoms with Crippen LogP contribution < -0.4 is 0 Å². The number of nitrogens with zero attached hydrogens (tertiary/aromatic N) is 1.